The van der Waals surface area contributed by atoms with Crippen LogP contribution >= 0.6 is 11.3 Å². The zero-order chi connectivity index (χ0) is 12.4. The number of thiophene rings is 1. The Balaban J connectivity index is 1.96. The predicted octanol–water partition coefficient (Wildman–Crippen LogP) is 1.93. The average Bonchev–Trinajstić information content (AvgIpc) is 2.86. The summed E-state index contributed by atoms with van der Waals surface area (Å²) in [6, 6.07) is 1.59. The Labute approximate surface area is 103 Å². The number of rotatable bonds is 2. The lowest BCUT2D eigenvalue weighted by molar-refractivity contribution is -0.142. The van der Waals surface area contributed by atoms with E-state index in [1.165, 1.54) is 11.3 Å². The second-order valence-electron chi connectivity index (χ2n) is 4.27. The van der Waals surface area contributed by atoms with Gasteiger partial charge in [-0.1, -0.05) is 6.92 Å². The molecule has 0 aliphatic carbocycles. The number of carboxylic acid groups (broad SMARTS) is 1. The number of nitrogens with one attached hydrogen (secondary N) is 1. The molecule has 1 fully saturated rings. The molecule has 6 heteroatoms. The van der Waals surface area contributed by atoms with E-state index in [1.807, 2.05) is 23.8 Å². The number of hydrogen-bond acceptors (Lipinski definition) is 3. The van der Waals surface area contributed by atoms with E-state index in [1.54, 1.807) is 4.90 Å². The first kappa shape index (κ1) is 11.9. The van der Waals surface area contributed by atoms with E-state index < -0.39 is 11.9 Å². The lowest BCUT2D eigenvalue weighted by Gasteiger charge is -2.16. The van der Waals surface area contributed by atoms with Crippen molar-refractivity contribution in [2.75, 3.05) is 18.4 Å². The highest BCUT2D eigenvalue weighted by atomic mass is 32.1. The zero-order valence-electron chi connectivity index (χ0n) is 9.42. The topological polar surface area (TPSA) is 69.6 Å². The molecule has 0 aromatic carbocycles. The predicted molar refractivity (Wildman–Crippen MR) is 65.2 cm³/mol. The van der Waals surface area contributed by atoms with Gasteiger partial charge in [0.05, 0.1) is 11.6 Å². The van der Waals surface area contributed by atoms with E-state index in [4.69, 9.17) is 5.11 Å². The first-order chi connectivity index (χ1) is 8.08. The van der Waals surface area contributed by atoms with E-state index in [9.17, 15) is 9.59 Å². The van der Waals surface area contributed by atoms with Gasteiger partial charge in [-0.15, -0.1) is 0 Å². The van der Waals surface area contributed by atoms with Gasteiger partial charge in [0.25, 0.3) is 0 Å². The van der Waals surface area contributed by atoms with Crippen LogP contribution in [0.4, 0.5) is 10.5 Å². The Bertz CT molecular complexity index is 418. The fraction of sp³-hybridized carbons (Fsp3) is 0.455. The molecule has 1 aromatic heterocycles. The average molecular weight is 254 g/mol. The van der Waals surface area contributed by atoms with E-state index >= 15 is 0 Å². The minimum Gasteiger partial charge on any atom is -0.481 e. The highest BCUT2D eigenvalue weighted by Crippen LogP contribution is 2.24. The Kier molecular flexibility index (Phi) is 3.33. The molecule has 2 rings (SSSR count). The molecule has 17 heavy (non-hydrogen) atoms. The number of anilines is 1. The van der Waals surface area contributed by atoms with Gasteiger partial charge >= 0.3 is 12.0 Å². The van der Waals surface area contributed by atoms with Crippen LogP contribution in [0.5, 0.6) is 0 Å². The molecule has 5 nitrogen and oxygen atoms in total. The molecule has 0 unspecified atom stereocenters. The number of aliphatic carboxylic acids is 1. The standard InChI is InChI=1S/C11H14N2O3S/c1-7-4-13(5-9(7)10(14)15)11(16)12-8-2-3-17-6-8/h2-3,6-7,9H,4-5H2,1H3,(H,12,16)(H,14,15)/t7-,9-/m1/s1. The van der Waals surface area contributed by atoms with E-state index in [0.29, 0.717) is 6.54 Å². The van der Waals surface area contributed by atoms with Gasteiger partial charge in [0.15, 0.2) is 0 Å². The lowest BCUT2D eigenvalue weighted by atomic mass is 9.99. The fourth-order valence-corrected chi connectivity index (χ4v) is 2.58. The van der Waals surface area contributed by atoms with Gasteiger partial charge in [0.2, 0.25) is 0 Å². The van der Waals surface area contributed by atoms with Crippen LogP contribution in [0.1, 0.15) is 6.92 Å². The maximum atomic E-state index is 11.9. The van der Waals surface area contributed by atoms with Crippen molar-refractivity contribution in [3.8, 4) is 0 Å². The molecular weight excluding hydrogens is 240 g/mol. The Hall–Kier alpha value is -1.56. The van der Waals surface area contributed by atoms with E-state index in [-0.39, 0.29) is 18.5 Å². The van der Waals surface area contributed by atoms with Crippen LogP contribution in [0.15, 0.2) is 16.8 Å². The van der Waals surface area contributed by atoms with E-state index in [0.717, 1.165) is 5.69 Å². The first-order valence-electron chi connectivity index (χ1n) is 5.39. The summed E-state index contributed by atoms with van der Waals surface area (Å²) in [5.74, 6) is -1.28. The summed E-state index contributed by atoms with van der Waals surface area (Å²) in [6.45, 7) is 2.63. The molecule has 0 bridgehead atoms. The normalized spacial score (nSPS) is 23.7. The quantitative estimate of drug-likeness (QED) is 0.847. The van der Waals surface area contributed by atoms with Gasteiger partial charge in [0, 0.05) is 18.5 Å². The first-order valence-corrected chi connectivity index (χ1v) is 6.33. The van der Waals surface area contributed by atoms with Crippen molar-refractivity contribution in [3.63, 3.8) is 0 Å². The number of carbonyl (C=O) groups is 2. The lowest BCUT2D eigenvalue weighted by Crippen LogP contribution is -2.33. The number of likely N-dealkylation sites (tertiary alicyclic amines) is 1. The number of amides is 2. The number of carbonyl (C=O) groups excluding carboxylic acids is 1. The van der Waals surface area contributed by atoms with Crippen molar-refractivity contribution < 1.29 is 14.7 Å². The Morgan fingerprint density at radius 3 is 2.82 bits per heavy atom. The van der Waals surface area contributed by atoms with Gasteiger partial charge in [-0.3, -0.25) is 4.79 Å². The summed E-state index contributed by atoms with van der Waals surface area (Å²) < 4.78 is 0. The largest absolute Gasteiger partial charge is 0.481 e. The van der Waals surface area contributed by atoms with Gasteiger partial charge in [0.1, 0.15) is 0 Å². The summed E-state index contributed by atoms with van der Waals surface area (Å²) in [7, 11) is 0. The molecule has 1 aliphatic heterocycles. The summed E-state index contributed by atoms with van der Waals surface area (Å²) in [4.78, 5) is 24.4. The van der Waals surface area contributed by atoms with Crippen LogP contribution in [0.25, 0.3) is 0 Å². The molecule has 2 atom stereocenters. The van der Waals surface area contributed by atoms with Crippen LogP contribution < -0.4 is 5.32 Å². The number of urea groups is 1. The molecule has 2 heterocycles. The minimum absolute atomic E-state index is 0.000671. The molecule has 1 aromatic rings. The third-order valence-electron chi connectivity index (χ3n) is 2.99. The van der Waals surface area contributed by atoms with Crippen molar-refractivity contribution >= 4 is 29.0 Å². The zero-order valence-corrected chi connectivity index (χ0v) is 10.2. The summed E-state index contributed by atoms with van der Waals surface area (Å²) in [5, 5.41) is 15.4. The number of nitrogens with zero attached hydrogens (tertiary/aromatic N) is 1. The van der Waals surface area contributed by atoms with Gasteiger partial charge in [-0.2, -0.15) is 11.3 Å². The number of carboxylic acids is 1. The highest BCUT2D eigenvalue weighted by Gasteiger charge is 2.36. The van der Waals surface area contributed by atoms with Crippen molar-refractivity contribution in [1.82, 2.24) is 4.90 Å². The molecule has 92 valence electrons. The molecule has 2 N–H and O–H groups in total. The third kappa shape index (κ3) is 2.58. The maximum Gasteiger partial charge on any atom is 0.321 e. The van der Waals surface area contributed by atoms with Crippen LogP contribution in [-0.2, 0) is 4.79 Å². The molecule has 2 amide bonds. The molecule has 0 spiro atoms. The monoisotopic (exact) mass is 254 g/mol. The molecular formula is C11H14N2O3S. The van der Waals surface area contributed by atoms with Crippen molar-refractivity contribution in [1.29, 1.82) is 0 Å². The van der Waals surface area contributed by atoms with Crippen LogP contribution in [-0.4, -0.2) is 35.1 Å². The van der Waals surface area contributed by atoms with Gasteiger partial charge < -0.3 is 15.3 Å². The number of hydrogen-bond donors (Lipinski definition) is 2. The van der Waals surface area contributed by atoms with Gasteiger partial charge in [-0.25, -0.2) is 4.79 Å². The molecule has 0 radical (unpaired) electrons. The van der Waals surface area contributed by atoms with Crippen LogP contribution in [0, 0.1) is 11.8 Å². The fourth-order valence-electron chi connectivity index (χ4n) is 1.99. The second-order valence-corrected chi connectivity index (χ2v) is 5.05. The smallest absolute Gasteiger partial charge is 0.321 e. The summed E-state index contributed by atoms with van der Waals surface area (Å²) in [5.41, 5.74) is 0.756. The van der Waals surface area contributed by atoms with Gasteiger partial charge in [-0.05, 0) is 17.4 Å². The maximum absolute atomic E-state index is 11.9. The third-order valence-corrected chi connectivity index (χ3v) is 3.67. The molecule has 1 saturated heterocycles. The SMILES string of the molecule is C[C@@H]1CN(C(=O)Nc2ccsc2)C[C@H]1C(=O)O. The van der Waals surface area contributed by atoms with Crippen molar-refractivity contribution in [3.05, 3.63) is 16.8 Å². The summed E-state index contributed by atoms with van der Waals surface area (Å²) >= 11 is 1.50. The highest BCUT2D eigenvalue weighted by molar-refractivity contribution is 7.08. The van der Waals surface area contributed by atoms with Crippen molar-refractivity contribution in [2.45, 2.75) is 6.92 Å². The van der Waals surface area contributed by atoms with Crippen LogP contribution in [0.2, 0.25) is 0 Å². The Morgan fingerprint density at radius 2 is 2.29 bits per heavy atom. The van der Waals surface area contributed by atoms with Crippen molar-refractivity contribution in [2.24, 2.45) is 11.8 Å². The minimum atomic E-state index is -0.830. The second kappa shape index (κ2) is 4.75. The Morgan fingerprint density at radius 1 is 1.53 bits per heavy atom. The summed E-state index contributed by atoms with van der Waals surface area (Å²) in [6.07, 6.45) is 0. The molecule has 1 aliphatic rings. The van der Waals surface area contributed by atoms with E-state index in [2.05, 4.69) is 5.32 Å². The molecule has 0 saturated carbocycles. The van der Waals surface area contributed by atoms with Crippen LogP contribution in [0.3, 0.4) is 0 Å².